The first-order valence-electron chi connectivity index (χ1n) is 5.92. The third-order valence-electron chi connectivity index (χ3n) is 2.81. The zero-order valence-corrected chi connectivity index (χ0v) is 9.72. The van der Waals surface area contributed by atoms with Crippen molar-refractivity contribution in [1.29, 1.82) is 0 Å². The molecule has 1 aliphatic carbocycles. The largest absolute Gasteiger partial charge is 0.493 e. The number of ether oxygens (including phenoxy) is 2. The van der Waals surface area contributed by atoms with Gasteiger partial charge in [-0.25, -0.2) is 0 Å². The minimum atomic E-state index is -0.176. The van der Waals surface area contributed by atoms with Gasteiger partial charge in [-0.2, -0.15) is 0 Å². The minimum Gasteiger partial charge on any atom is -0.493 e. The molecule has 0 saturated heterocycles. The Balaban J connectivity index is 1.64. The Bertz CT molecular complexity index is 371. The van der Waals surface area contributed by atoms with Gasteiger partial charge in [-0.15, -0.1) is 0 Å². The summed E-state index contributed by atoms with van der Waals surface area (Å²) in [4.78, 5) is 11.4. The average Bonchev–Trinajstić information content (AvgIpc) is 2.26. The first-order chi connectivity index (χ1) is 8.24. The van der Waals surface area contributed by atoms with Crippen LogP contribution in [0.4, 0.5) is 5.69 Å². The molecule has 1 aliphatic rings. The van der Waals surface area contributed by atoms with Crippen molar-refractivity contribution < 1.29 is 14.3 Å². The molecule has 1 saturated carbocycles. The predicted molar refractivity (Wildman–Crippen MR) is 64.7 cm³/mol. The van der Waals surface area contributed by atoms with E-state index in [-0.39, 0.29) is 12.1 Å². The number of rotatable bonds is 5. The number of carbonyl (C=O) groups excluding carboxylic acids is 1. The van der Waals surface area contributed by atoms with Gasteiger partial charge in [0.15, 0.2) is 0 Å². The Labute approximate surface area is 101 Å². The van der Waals surface area contributed by atoms with Crippen molar-refractivity contribution in [3.8, 4) is 5.75 Å². The third kappa shape index (κ3) is 3.66. The molecule has 4 nitrogen and oxygen atoms in total. The van der Waals surface area contributed by atoms with Crippen molar-refractivity contribution in [2.45, 2.75) is 31.8 Å². The second kappa shape index (κ2) is 5.57. The van der Waals surface area contributed by atoms with E-state index in [4.69, 9.17) is 15.2 Å². The highest BCUT2D eigenvalue weighted by Gasteiger charge is 2.21. The third-order valence-corrected chi connectivity index (χ3v) is 2.81. The number of esters is 1. The van der Waals surface area contributed by atoms with Crippen LogP contribution in [0.5, 0.6) is 5.75 Å². The molecule has 92 valence electrons. The van der Waals surface area contributed by atoms with Gasteiger partial charge in [-0.3, -0.25) is 4.79 Å². The normalized spacial score (nSPS) is 15.1. The van der Waals surface area contributed by atoms with Crippen molar-refractivity contribution in [3.05, 3.63) is 24.3 Å². The van der Waals surface area contributed by atoms with Crippen molar-refractivity contribution in [2.75, 3.05) is 12.3 Å². The Morgan fingerprint density at radius 3 is 2.59 bits per heavy atom. The molecule has 1 fully saturated rings. The number of benzene rings is 1. The van der Waals surface area contributed by atoms with Crippen molar-refractivity contribution in [2.24, 2.45) is 0 Å². The van der Waals surface area contributed by atoms with Crippen molar-refractivity contribution in [1.82, 2.24) is 0 Å². The molecule has 0 atom stereocenters. The van der Waals surface area contributed by atoms with Crippen LogP contribution in [0, 0.1) is 0 Å². The molecule has 0 spiro atoms. The van der Waals surface area contributed by atoms with Gasteiger partial charge >= 0.3 is 5.97 Å². The maximum absolute atomic E-state index is 11.4. The van der Waals surface area contributed by atoms with Gasteiger partial charge in [-0.1, -0.05) is 0 Å². The fourth-order valence-electron chi connectivity index (χ4n) is 1.55. The topological polar surface area (TPSA) is 61.5 Å². The monoisotopic (exact) mass is 235 g/mol. The summed E-state index contributed by atoms with van der Waals surface area (Å²) in [5.74, 6) is 0.542. The van der Waals surface area contributed by atoms with Crippen LogP contribution in [-0.2, 0) is 9.53 Å². The molecule has 0 unspecified atom stereocenters. The van der Waals surface area contributed by atoms with Gasteiger partial charge in [0.1, 0.15) is 11.9 Å². The van der Waals surface area contributed by atoms with Gasteiger partial charge in [0.2, 0.25) is 0 Å². The molecule has 17 heavy (non-hydrogen) atoms. The second-order valence-electron chi connectivity index (χ2n) is 4.21. The van der Waals surface area contributed by atoms with Crippen molar-refractivity contribution in [3.63, 3.8) is 0 Å². The maximum atomic E-state index is 11.4. The Kier molecular flexibility index (Phi) is 3.85. The molecule has 0 aromatic heterocycles. The van der Waals surface area contributed by atoms with Crippen LogP contribution in [0.2, 0.25) is 0 Å². The fraction of sp³-hybridized carbons (Fsp3) is 0.462. The van der Waals surface area contributed by atoms with Crippen LogP contribution >= 0.6 is 0 Å². The van der Waals surface area contributed by atoms with Crippen LogP contribution in [0.25, 0.3) is 0 Å². The highest BCUT2D eigenvalue weighted by atomic mass is 16.5. The molecular formula is C13H17NO3. The van der Waals surface area contributed by atoms with Crippen LogP contribution in [0.3, 0.4) is 0 Å². The summed E-state index contributed by atoms with van der Waals surface area (Å²) in [6.45, 7) is 0.343. The lowest BCUT2D eigenvalue weighted by Gasteiger charge is -2.25. The van der Waals surface area contributed by atoms with Crippen LogP contribution in [0.15, 0.2) is 24.3 Å². The van der Waals surface area contributed by atoms with Crippen LogP contribution < -0.4 is 10.5 Å². The molecule has 0 aliphatic heterocycles. The molecule has 2 rings (SSSR count). The van der Waals surface area contributed by atoms with E-state index in [1.54, 1.807) is 24.3 Å². The van der Waals surface area contributed by atoms with E-state index in [2.05, 4.69) is 0 Å². The van der Waals surface area contributed by atoms with Gasteiger partial charge in [0, 0.05) is 5.69 Å². The fourth-order valence-corrected chi connectivity index (χ4v) is 1.55. The number of nitrogens with two attached hydrogens (primary N) is 1. The second-order valence-corrected chi connectivity index (χ2v) is 4.21. The highest BCUT2D eigenvalue weighted by molar-refractivity contribution is 5.69. The number of hydrogen-bond donors (Lipinski definition) is 1. The minimum absolute atomic E-state index is 0.152. The Morgan fingerprint density at radius 1 is 1.29 bits per heavy atom. The zero-order chi connectivity index (χ0) is 12.1. The van der Waals surface area contributed by atoms with E-state index in [0.717, 1.165) is 18.6 Å². The summed E-state index contributed by atoms with van der Waals surface area (Å²) in [5, 5.41) is 0. The van der Waals surface area contributed by atoms with Gasteiger partial charge in [-0.05, 0) is 43.5 Å². The summed E-state index contributed by atoms with van der Waals surface area (Å²) >= 11 is 0. The summed E-state index contributed by atoms with van der Waals surface area (Å²) < 4.78 is 10.6. The molecule has 0 heterocycles. The van der Waals surface area contributed by atoms with Crippen molar-refractivity contribution >= 4 is 11.7 Å². The molecule has 4 heteroatoms. The Hall–Kier alpha value is -1.71. The van der Waals surface area contributed by atoms with E-state index in [9.17, 15) is 4.79 Å². The molecule has 1 aromatic carbocycles. The van der Waals surface area contributed by atoms with E-state index >= 15 is 0 Å². The molecule has 1 aromatic rings. The lowest BCUT2D eigenvalue weighted by Crippen LogP contribution is -2.25. The number of nitrogen functional groups attached to an aromatic ring is 1. The molecule has 0 radical (unpaired) electrons. The average molecular weight is 235 g/mol. The summed E-state index contributed by atoms with van der Waals surface area (Å²) in [5.41, 5.74) is 6.25. The van der Waals surface area contributed by atoms with Crippen LogP contribution in [-0.4, -0.2) is 18.7 Å². The predicted octanol–water partition coefficient (Wildman–Crippen LogP) is 2.13. The SMILES string of the molecule is Nc1ccc(OCCC(=O)OC2CCC2)cc1. The maximum Gasteiger partial charge on any atom is 0.309 e. The van der Waals surface area contributed by atoms with Gasteiger partial charge < -0.3 is 15.2 Å². The summed E-state index contributed by atoms with van der Waals surface area (Å²) in [7, 11) is 0. The van der Waals surface area contributed by atoms with E-state index in [1.807, 2.05) is 0 Å². The highest BCUT2D eigenvalue weighted by Crippen LogP contribution is 2.22. The smallest absolute Gasteiger partial charge is 0.309 e. The molecule has 0 amide bonds. The first kappa shape index (κ1) is 11.8. The lowest BCUT2D eigenvalue weighted by molar-refractivity contribution is -0.153. The van der Waals surface area contributed by atoms with Gasteiger partial charge in [0.05, 0.1) is 13.0 Å². The zero-order valence-electron chi connectivity index (χ0n) is 9.72. The van der Waals surface area contributed by atoms with E-state index in [1.165, 1.54) is 6.42 Å². The first-order valence-corrected chi connectivity index (χ1v) is 5.92. The van der Waals surface area contributed by atoms with Crippen LogP contribution in [0.1, 0.15) is 25.7 Å². The van der Waals surface area contributed by atoms with Gasteiger partial charge in [0.25, 0.3) is 0 Å². The number of carbonyl (C=O) groups is 1. The Morgan fingerprint density at radius 2 is 2.00 bits per heavy atom. The summed E-state index contributed by atoms with van der Waals surface area (Å²) in [6.07, 6.45) is 3.62. The molecule has 2 N–H and O–H groups in total. The number of hydrogen-bond acceptors (Lipinski definition) is 4. The quantitative estimate of drug-likeness (QED) is 0.627. The van der Waals surface area contributed by atoms with E-state index in [0.29, 0.717) is 18.7 Å². The number of anilines is 1. The molecular weight excluding hydrogens is 218 g/mol. The lowest BCUT2D eigenvalue weighted by atomic mass is 9.96. The van der Waals surface area contributed by atoms with E-state index < -0.39 is 0 Å². The standard InChI is InChI=1S/C13H17NO3/c14-10-4-6-11(7-5-10)16-9-8-13(15)17-12-2-1-3-12/h4-7,12H,1-3,8-9,14H2. The molecule has 0 bridgehead atoms. The summed E-state index contributed by atoms with van der Waals surface area (Å²) in [6, 6.07) is 7.10.